The summed E-state index contributed by atoms with van der Waals surface area (Å²) in [6.45, 7) is 3.75. The van der Waals surface area contributed by atoms with Gasteiger partial charge >= 0.3 is 0 Å². The molecule has 0 N–H and O–H groups in total. The van der Waals surface area contributed by atoms with Crippen molar-refractivity contribution in [3.63, 3.8) is 0 Å². The molecule has 74 valence electrons. The molecule has 0 saturated carbocycles. The smallest absolute Gasteiger partial charge is 0.0712 e. The Labute approximate surface area is 89.5 Å². The Morgan fingerprint density at radius 2 is 1.93 bits per heavy atom. The number of aryl methyl sites for hydroxylation is 2. The van der Waals surface area contributed by atoms with Crippen molar-refractivity contribution >= 4 is 17.0 Å². The Morgan fingerprint density at radius 1 is 1.13 bits per heavy atom. The largest absolute Gasteiger partial charge is 0.248 e. The summed E-state index contributed by atoms with van der Waals surface area (Å²) >= 11 is 0. The van der Waals surface area contributed by atoms with E-state index in [1.165, 1.54) is 35.8 Å². The van der Waals surface area contributed by atoms with Gasteiger partial charge in [0.1, 0.15) is 0 Å². The lowest BCUT2D eigenvalue weighted by atomic mass is 10.1. The van der Waals surface area contributed by atoms with Crippen molar-refractivity contribution in [1.29, 1.82) is 0 Å². The molecule has 3 rings (SSSR count). The lowest BCUT2D eigenvalue weighted by molar-refractivity contribution is 0.912. The first-order valence-electron chi connectivity index (χ1n) is 5.42. The van der Waals surface area contributed by atoms with Crippen LogP contribution in [0.25, 0.3) is 17.0 Å². The highest BCUT2D eigenvalue weighted by molar-refractivity contribution is 5.81. The van der Waals surface area contributed by atoms with E-state index in [4.69, 9.17) is 0 Å². The zero-order chi connectivity index (χ0) is 10.3. The van der Waals surface area contributed by atoms with Crippen LogP contribution < -0.4 is 0 Å². The maximum absolute atomic E-state index is 4.55. The highest BCUT2D eigenvalue weighted by atomic mass is 14.7. The van der Waals surface area contributed by atoms with Crippen molar-refractivity contribution in [1.82, 2.24) is 4.98 Å². The third-order valence-electron chi connectivity index (χ3n) is 3.13. The molecular formula is C14H13N. The molecule has 1 heteroatoms. The molecule has 1 aromatic heterocycles. The minimum atomic E-state index is 0.959. The van der Waals surface area contributed by atoms with Gasteiger partial charge in [-0.2, -0.15) is 0 Å². The molecule has 1 aliphatic rings. The van der Waals surface area contributed by atoms with Crippen molar-refractivity contribution in [2.24, 2.45) is 0 Å². The van der Waals surface area contributed by atoms with Crippen LogP contribution in [0, 0.1) is 0 Å². The first-order valence-corrected chi connectivity index (χ1v) is 5.42. The van der Waals surface area contributed by atoms with Crippen molar-refractivity contribution in [3.8, 4) is 0 Å². The maximum Gasteiger partial charge on any atom is 0.0712 e. The molecule has 15 heavy (non-hydrogen) atoms. The van der Waals surface area contributed by atoms with E-state index in [1.54, 1.807) is 6.08 Å². The quantitative estimate of drug-likeness (QED) is 0.680. The van der Waals surface area contributed by atoms with Crippen molar-refractivity contribution < 1.29 is 0 Å². The summed E-state index contributed by atoms with van der Waals surface area (Å²) < 4.78 is 0. The number of hydrogen-bond acceptors (Lipinski definition) is 1. The molecule has 2 aromatic rings. The van der Waals surface area contributed by atoms with Crippen LogP contribution >= 0.6 is 0 Å². The number of nitrogens with zero attached hydrogens (tertiary/aromatic N) is 1. The summed E-state index contributed by atoms with van der Waals surface area (Å²) in [5.41, 5.74) is 5.06. The number of benzene rings is 1. The van der Waals surface area contributed by atoms with E-state index in [0.717, 1.165) is 11.2 Å². The molecule has 0 spiro atoms. The fourth-order valence-electron chi connectivity index (χ4n) is 2.33. The van der Waals surface area contributed by atoms with Crippen LogP contribution in [0.15, 0.2) is 30.8 Å². The summed E-state index contributed by atoms with van der Waals surface area (Å²) in [6.07, 6.45) is 5.53. The zero-order valence-electron chi connectivity index (χ0n) is 8.66. The van der Waals surface area contributed by atoms with Crippen LogP contribution in [0.3, 0.4) is 0 Å². The third-order valence-corrected chi connectivity index (χ3v) is 3.13. The number of rotatable bonds is 1. The molecule has 0 amide bonds. The minimum Gasteiger partial charge on any atom is -0.248 e. The van der Waals surface area contributed by atoms with Gasteiger partial charge in [-0.05, 0) is 54.7 Å². The number of fused-ring (bicyclic) bond motifs is 2. The lowest BCUT2D eigenvalue weighted by Gasteiger charge is -2.03. The molecule has 0 radical (unpaired) electrons. The molecule has 1 nitrogen and oxygen atoms in total. The van der Waals surface area contributed by atoms with E-state index in [2.05, 4.69) is 29.8 Å². The fourth-order valence-corrected chi connectivity index (χ4v) is 2.33. The van der Waals surface area contributed by atoms with Crippen LogP contribution in [0.5, 0.6) is 0 Å². The molecule has 0 atom stereocenters. The van der Waals surface area contributed by atoms with Gasteiger partial charge in [-0.1, -0.05) is 12.6 Å². The number of aromatic nitrogens is 1. The Balaban J connectivity index is 2.28. The molecular weight excluding hydrogens is 182 g/mol. The van der Waals surface area contributed by atoms with Gasteiger partial charge in [0, 0.05) is 5.39 Å². The van der Waals surface area contributed by atoms with Gasteiger partial charge in [0.25, 0.3) is 0 Å². The summed E-state index contributed by atoms with van der Waals surface area (Å²) in [7, 11) is 0. The minimum absolute atomic E-state index is 0.959. The van der Waals surface area contributed by atoms with Gasteiger partial charge in [0.05, 0.1) is 11.2 Å². The van der Waals surface area contributed by atoms with E-state index < -0.39 is 0 Å². The molecule has 0 unspecified atom stereocenters. The van der Waals surface area contributed by atoms with Crippen molar-refractivity contribution in [2.45, 2.75) is 19.3 Å². The van der Waals surface area contributed by atoms with Gasteiger partial charge in [0.15, 0.2) is 0 Å². The van der Waals surface area contributed by atoms with Gasteiger partial charge in [-0.15, -0.1) is 0 Å². The molecule has 1 aliphatic carbocycles. The molecule has 1 heterocycles. The Hall–Kier alpha value is -1.63. The zero-order valence-corrected chi connectivity index (χ0v) is 8.66. The van der Waals surface area contributed by atoms with E-state index in [0.29, 0.717) is 0 Å². The van der Waals surface area contributed by atoms with Gasteiger partial charge < -0.3 is 0 Å². The summed E-state index contributed by atoms with van der Waals surface area (Å²) in [5, 5.41) is 1.25. The maximum atomic E-state index is 4.55. The fraction of sp³-hybridized carbons (Fsp3) is 0.214. The summed E-state index contributed by atoms with van der Waals surface area (Å²) in [6, 6.07) is 8.69. The average molecular weight is 195 g/mol. The van der Waals surface area contributed by atoms with Crippen LogP contribution in [-0.2, 0) is 12.8 Å². The highest BCUT2D eigenvalue weighted by Crippen LogP contribution is 2.26. The van der Waals surface area contributed by atoms with Crippen molar-refractivity contribution in [2.75, 3.05) is 0 Å². The van der Waals surface area contributed by atoms with E-state index in [1.807, 2.05) is 6.07 Å². The van der Waals surface area contributed by atoms with Crippen LogP contribution in [0.4, 0.5) is 0 Å². The average Bonchev–Trinajstić information content (AvgIpc) is 2.72. The molecule has 0 saturated heterocycles. The Kier molecular flexibility index (Phi) is 1.84. The first-order chi connectivity index (χ1) is 7.36. The van der Waals surface area contributed by atoms with Crippen LogP contribution in [0.2, 0.25) is 0 Å². The second-order valence-corrected chi connectivity index (χ2v) is 4.11. The van der Waals surface area contributed by atoms with E-state index in [-0.39, 0.29) is 0 Å². The van der Waals surface area contributed by atoms with Crippen LogP contribution in [0.1, 0.15) is 23.2 Å². The third kappa shape index (κ3) is 1.35. The second kappa shape index (κ2) is 3.20. The van der Waals surface area contributed by atoms with E-state index in [9.17, 15) is 0 Å². The SMILES string of the molecule is C=Cc1ccc2cc3c(cc2n1)CCC3. The molecule has 0 bridgehead atoms. The standard InChI is InChI=1S/C14H13N/c1-2-13-7-6-12-8-10-4-3-5-11(10)9-14(12)15-13/h2,6-9H,1,3-5H2. The summed E-state index contributed by atoms with van der Waals surface area (Å²) in [5.74, 6) is 0. The van der Waals surface area contributed by atoms with Crippen LogP contribution in [-0.4, -0.2) is 4.98 Å². The Bertz CT molecular complexity index is 540. The topological polar surface area (TPSA) is 12.9 Å². The first kappa shape index (κ1) is 8.66. The molecule has 1 aromatic carbocycles. The number of hydrogen-bond donors (Lipinski definition) is 0. The Morgan fingerprint density at radius 3 is 2.73 bits per heavy atom. The van der Waals surface area contributed by atoms with Gasteiger partial charge in [-0.3, -0.25) is 0 Å². The van der Waals surface area contributed by atoms with E-state index >= 15 is 0 Å². The normalized spacial score (nSPS) is 14.1. The predicted octanol–water partition coefficient (Wildman–Crippen LogP) is 3.37. The molecule has 0 aliphatic heterocycles. The van der Waals surface area contributed by atoms with Gasteiger partial charge in [-0.25, -0.2) is 4.98 Å². The van der Waals surface area contributed by atoms with Crippen molar-refractivity contribution in [3.05, 3.63) is 47.7 Å². The second-order valence-electron chi connectivity index (χ2n) is 4.11. The predicted molar refractivity (Wildman–Crippen MR) is 63.9 cm³/mol. The molecule has 0 fully saturated rings. The monoisotopic (exact) mass is 195 g/mol. The van der Waals surface area contributed by atoms with Gasteiger partial charge in [0.2, 0.25) is 0 Å². The summed E-state index contributed by atoms with van der Waals surface area (Å²) in [4.78, 5) is 4.55. The lowest BCUT2D eigenvalue weighted by Crippen LogP contribution is -1.87. The number of pyridine rings is 1. The highest BCUT2D eigenvalue weighted by Gasteiger charge is 2.11.